The topological polar surface area (TPSA) is 65.9 Å². The lowest BCUT2D eigenvalue weighted by Crippen LogP contribution is -2.49. The van der Waals surface area contributed by atoms with Crippen molar-refractivity contribution in [2.75, 3.05) is 13.6 Å². The number of fused-ring (bicyclic) bond motifs is 1. The van der Waals surface area contributed by atoms with E-state index >= 15 is 0 Å². The van der Waals surface area contributed by atoms with Gasteiger partial charge in [-0.3, -0.25) is 4.99 Å². The molecule has 3 rings (SSSR count). The van der Waals surface area contributed by atoms with Crippen molar-refractivity contribution in [2.24, 2.45) is 4.99 Å². The van der Waals surface area contributed by atoms with Crippen LogP contribution in [0.5, 0.6) is 5.75 Å². The van der Waals surface area contributed by atoms with Crippen LogP contribution < -0.4 is 15.4 Å². The minimum Gasteiger partial charge on any atom is -0.487 e. The van der Waals surface area contributed by atoms with E-state index in [1.54, 1.807) is 0 Å². The Kier molecular flexibility index (Phi) is 7.23. The highest BCUT2D eigenvalue weighted by Gasteiger charge is 2.43. The molecule has 27 heavy (non-hydrogen) atoms. The first kappa shape index (κ1) is 22.1. The van der Waals surface area contributed by atoms with Crippen LogP contribution in [0.3, 0.4) is 0 Å². The minimum atomic E-state index is -4.66. The number of aliphatic hydroxyl groups excluding tert-OH is 1. The van der Waals surface area contributed by atoms with E-state index in [2.05, 4.69) is 15.6 Å². The molecule has 2 atom stereocenters. The molecule has 9 heteroatoms. The third-order valence-electron chi connectivity index (χ3n) is 5.09. The second kappa shape index (κ2) is 8.85. The van der Waals surface area contributed by atoms with Gasteiger partial charge in [0.2, 0.25) is 0 Å². The van der Waals surface area contributed by atoms with Crippen molar-refractivity contribution in [3.05, 3.63) is 29.8 Å². The molecule has 0 aromatic heterocycles. The Morgan fingerprint density at radius 1 is 1.33 bits per heavy atom. The van der Waals surface area contributed by atoms with E-state index in [0.717, 1.165) is 43.4 Å². The lowest BCUT2D eigenvalue weighted by molar-refractivity contribution is -0.201. The van der Waals surface area contributed by atoms with Crippen molar-refractivity contribution in [1.82, 2.24) is 10.6 Å². The van der Waals surface area contributed by atoms with Crippen LogP contribution in [0.1, 0.15) is 43.7 Å². The molecule has 3 N–H and O–H groups in total. The van der Waals surface area contributed by atoms with Crippen LogP contribution in [0.4, 0.5) is 13.2 Å². The predicted octanol–water partition coefficient (Wildman–Crippen LogP) is 3.53. The normalized spacial score (nSPS) is 22.4. The number of guanidine groups is 1. The first-order valence-corrected chi connectivity index (χ1v) is 8.83. The monoisotopic (exact) mass is 499 g/mol. The van der Waals surface area contributed by atoms with Gasteiger partial charge in [0.15, 0.2) is 12.1 Å². The number of aliphatic hydroxyl groups is 1. The molecule has 152 valence electrons. The van der Waals surface area contributed by atoms with Crippen molar-refractivity contribution in [3.63, 3.8) is 0 Å². The van der Waals surface area contributed by atoms with Gasteiger partial charge in [0.05, 0.1) is 12.6 Å². The van der Waals surface area contributed by atoms with Gasteiger partial charge in [-0.25, -0.2) is 0 Å². The SMILES string of the molecule is CN=C(NCC(O)C(F)(F)F)NC1CC2(CCCC2)Oc2ccccc21.I. The highest BCUT2D eigenvalue weighted by molar-refractivity contribution is 14.0. The van der Waals surface area contributed by atoms with Gasteiger partial charge in [-0.2, -0.15) is 13.2 Å². The van der Waals surface area contributed by atoms with Crippen molar-refractivity contribution < 1.29 is 23.0 Å². The van der Waals surface area contributed by atoms with E-state index in [1.807, 2.05) is 24.3 Å². The van der Waals surface area contributed by atoms with E-state index in [9.17, 15) is 18.3 Å². The molecule has 0 radical (unpaired) electrons. The fourth-order valence-corrected chi connectivity index (χ4v) is 3.74. The first-order chi connectivity index (χ1) is 12.3. The molecule has 0 amide bonds. The van der Waals surface area contributed by atoms with Crippen molar-refractivity contribution in [2.45, 2.75) is 56.0 Å². The van der Waals surface area contributed by atoms with Crippen LogP contribution in [0.25, 0.3) is 0 Å². The molecule has 1 aliphatic carbocycles. The number of hydrogen-bond donors (Lipinski definition) is 3. The number of nitrogens with one attached hydrogen (secondary N) is 2. The summed E-state index contributed by atoms with van der Waals surface area (Å²) in [6.07, 6.45) is -2.21. The zero-order valence-electron chi connectivity index (χ0n) is 15.1. The quantitative estimate of drug-likeness (QED) is 0.339. The summed E-state index contributed by atoms with van der Waals surface area (Å²) in [5, 5.41) is 14.9. The molecule has 1 aliphatic heterocycles. The standard InChI is InChI=1S/C18H24F3N3O2.HI/c1-22-16(23-11-15(25)18(19,20)21)24-13-10-17(8-4-5-9-17)26-14-7-3-2-6-12(13)14;/h2-3,6-7,13,15,25H,4-5,8-11H2,1H3,(H2,22,23,24);1H. The van der Waals surface area contributed by atoms with Gasteiger partial charge >= 0.3 is 6.18 Å². The van der Waals surface area contributed by atoms with Crippen LogP contribution in [0, 0.1) is 0 Å². The summed E-state index contributed by atoms with van der Waals surface area (Å²) in [6, 6.07) is 7.58. The average Bonchev–Trinajstić information content (AvgIpc) is 3.04. The summed E-state index contributed by atoms with van der Waals surface area (Å²) in [5.74, 6) is 1.03. The van der Waals surface area contributed by atoms with E-state index in [1.165, 1.54) is 7.05 Å². The number of hydrogen-bond acceptors (Lipinski definition) is 3. The van der Waals surface area contributed by atoms with Crippen LogP contribution in [-0.4, -0.2) is 42.5 Å². The molecule has 1 fully saturated rings. The van der Waals surface area contributed by atoms with Crippen LogP contribution >= 0.6 is 24.0 Å². The van der Waals surface area contributed by atoms with Gasteiger partial charge in [0.25, 0.3) is 0 Å². The second-order valence-corrected chi connectivity index (χ2v) is 6.94. The van der Waals surface area contributed by atoms with Crippen LogP contribution in [0.15, 0.2) is 29.3 Å². The highest BCUT2D eigenvalue weighted by atomic mass is 127. The van der Waals surface area contributed by atoms with Gasteiger partial charge in [0, 0.05) is 19.0 Å². The van der Waals surface area contributed by atoms with Gasteiger partial charge in [-0.15, -0.1) is 24.0 Å². The maximum absolute atomic E-state index is 12.5. The van der Waals surface area contributed by atoms with E-state index in [0.29, 0.717) is 0 Å². The smallest absolute Gasteiger partial charge is 0.416 e. The number of halogens is 4. The minimum absolute atomic E-state index is 0. The highest BCUT2D eigenvalue weighted by Crippen LogP contribution is 2.46. The third-order valence-corrected chi connectivity index (χ3v) is 5.09. The molecular formula is C18H25F3IN3O2. The van der Waals surface area contributed by atoms with Gasteiger partial charge in [0.1, 0.15) is 11.4 Å². The molecule has 1 saturated carbocycles. The maximum Gasteiger partial charge on any atom is 0.416 e. The zero-order chi connectivity index (χ0) is 18.8. The summed E-state index contributed by atoms with van der Waals surface area (Å²) in [6.45, 7) is -0.654. The first-order valence-electron chi connectivity index (χ1n) is 8.83. The predicted molar refractivity (Wildman–Crippen MR) is 108 cm³/mol. The summed E-state index contributed by atoms with van der Waals surface area (Å²) in [4.78, 5) is 4.00. The largest absolute Gasteiger partial charge is 0.487 e. The molecule has 1 spiro atoms. The molecule has 1 aromatic carbocycles. The Bertz CT molecular complexity index is 663. The fraction of sp³-hybridized carbons (Fsp3) is 0.611. The Hall–Kier alpha value is -1.23. The summed E-state index contributed by atoms with van der Waals surface area (Å²) < 4.78 is 43.8. The number of rotatable bonds is 3. The second-order valence-electron chi connectivity index (χ2n) is 6.94. The molecule has 2 unspecified atom stereocenters. The lowest BCUT2D eigenvalue weighted by atomic mass is 9.86. The summed E-state index contributed by atoms with van der Waals surface area (Å²) in [5.41, 5.74) is 0.737. The molecule has 2 aliphatic rings. The number of aliphatic imine (C=N–C) groups is 1. The Morgan fingerprint density at radius 2 is 2.00 bits per heavy atom. The number of para-hydroxylation sites is 1. The molecular weight excluding hydrogens is 474 g/mol. The van der Waals surface area contributed by atoms with Crippen molar-refractivity contribution in [3.8, 4) is 5.75 Å². The zero-order valence-corrected chi connectivity index (χ0v) is 17.4. The maximum atomic E-state index is 12.5. The molecule has 1 aromatic rings. The summed E-state index contributed by atoms with van der Waals surface area (Å²) in [7, 11) is 1.49. The van der Waals surface area contributed by atoms with Gasteiger partial charge in [-0.05, 0) is 31.7 Å². The number of benzene rings is 1. The lowest BCUT2D eigenvalue weighted by Gasteiger charge is -2.40. The van der Waals surface area contributed by atoms with E-state index in [4.69, 9.17) is 4.74 Å². The van der Waals surface area contributed by atoms with E-state index in [-0.39, 0.29) is 41.6 Å². The van der Waals surface area contributed by atoms with Crippen LogP contribution in [0.2, 0.25) is 0 Å². The van der Waals surface area contributed by atoms with Gasteiger partial charge in [-0.1, -0.05) is 18.2 Å². The molecule has 0 saturated heterocycles. The Morgan fingerprint density at radius 3 is 2.63 bits per heavy atom. The number of ether oxygens (including phenoxy) is 1. The Labute approximate surface area is 173 Å². The molecule has 5 nitrogen and oxygen atoms in total. The van der Waals surface area contributed by atoms with E-state index < -0.39 is 18.8 Å². The summed E-state index contributed by atoms with van der Waals surface area (Å²) >= 11 is 0. The van der Waals surface area contributed by atoms with Gasteiger partial charge < -0.3 is 20.5 Å². The average molecular weight is 499 g/mol. The van der Waals surface area contributed by atoms with Crippen molar-refractivity contribution in [1.29, 1.82) is 0 Å². The van der Waals surface area contributed by atoms with Crippen LogP contribution in [-0.2, 0) is 0 Å². The molecule has 0 bridgehead atoms. The fourth-order valence-electron chi connectivity index (χ4n) is 3.74. The number of nitrogens with zero attached hydrogens (tertiary/aromatic N) is 1. The third kappa shape index (κ3) is 5.18. The molecule has 1 heterocycles. The van der Waals surface area contributed by atoms with Crippen molar-refractivity contribution >= 4 is 29.9 Å². The number of alkyl halides is 3. The Balaban J connectivity index is 0.00000261.